The Morgan fingerprint density at radius 1 is 1.03 bits per heavy atom. The van der Waals surface area contributed by atoms with E-state index in [2.05, 4.69) is 15.6 Å². The third kappa shape index (κ3) is 4.29. The highest BCUT2D eigenvalue weighted by atomic mass is 35.5. The Morgan fingerprint density at radius 3 is 2.52 bits per heavy atom. The molecule has 2 N–H and O–H groups in total. The molecule has 1 aliphatic rings. The molecule has 156 valence electrons. The van der Waals surface area contributed by atoms with Crippen molar-refractivity contribution in [2.45, 2.75) is 13.1 Å². The number of fused-ring (bicyclic) bond motifs is 1. The van der Waals surface area contributed by atoms with E-state index < -0.39 is 12.2 Å². The Kier molecular flexibility index (Phi) is 5.73. The number of nitrogens with one attached hydrogen (secondary N) is 2. The molecule has 0 spiro atoms. The highest BCUT2D eigenvalue weighted by molar-refractivity contribution is 6.31. The molecule has 4 rings (SSSR count). The fraction of sp³-hybridized carbons (Fsp3) is 0.125. The number of urea groups is 1. The number of benzodiazepines with no additional fused rings is 1. The molecule has 0 unspecified atom stereocenters. The van der Waals surface area contributed by atoms with Gasteiger partial charge in [-0.3, -0.25) is 4.79 Å². The lowest BCUT2D eigenvalue weighted by Gasteiger charge is -2.21. The molecule has 1 atom stereocenters. The molecular formula is C24H21ClN4O2. The van der Waals surface area contributed by atoms with E-state index in [0.717, 1.165) is 22.4 Å². The molecule has 0 bridgehead atoms. The lowest BCUT2D eigenvalue weighted by atomic mass is 10.0. The molecule has 0 aromatic heterocycles. The molecule has 31 heavy (non-hydrogen) atoms. The highest BCUT2D eigenvalue weighted by Gasteiger charge is 2.31. The smallest absolute Gasteiger partial charge is 0.311 e. The maximum Gasteiger partial charge on any atom is 0.321 e. The predicted octanol–water partition coefficient (Wildman–Crippen LogP) is 4.61. The van der Waals surface area contributed by atoms with Crippen molar-refractivity contribution >= 4 is 40.6 Å². The number of anilines is 2. The number of para-hydroxylation sites is 1. The first-order chi connectivity index (χ1) is 14.9. The van der Waals surface area contributed by atoms with Crippen molar-refractivity contribution in [3.8, 4) is 0 Å². The molecule has 1 aliphatic heterocycles. The average molecular weight is 433 g/mol. The molecule has 0 fully saturated rings. The maximum absolute atomic E-state index is 13.1. The lowest BCUT2D eigenvalue weighted by molar-refractivity contribution is -0.119. The Hall–Kier alpha value is -3.64. The number of amides is 3. The van der Waals surface area contributed by atoms with Gasteiger partial charge in [-0.15, -0.1) is 0 Å². The van der Waals surface area contributed by atoms with E-state index in [1.54, 1.807) is 19.2 Å². The molecule has 3 aromatic carbocycles. The van der Waals surface area contributed by atoms with Crippen molar-refractivity contribution in [3.05, 3.63) is 94.5 Å². The SMILES string of the molecule is Cc1ccc(Cl)cc1NC(=O)N[C@H]1N=C(c2ccccc2)c2ccccc2N(C)C1=O. The van der Waals surface area contributed by atoms with E-state index in [-0.39, 0.29) is 5.91 Å². The van der Waals surface area contributed by atoms with Crippen LogP contribution in [0.2, 0.25) is 5.02 Å². The minimum atomic E-state index is -1.09. The number of benzene rings is 3. The summed E-state index contributed by atoms with van der Waals surface area (Å²) in [6, 6.07) is 21.8. The van der Waals surface area contributed by atoms with E-state index in [0.29, 0.717) is 16.4 Å². The average Bonchev–Trinajstić information content (AvgIpc) is 2.88. The number of rotatable bonds is 3. The van der Waals surface area contributed by atoms with Crippen LogP contribution in [0.15, 0.2) is 77.8 Å². The lowest BCUT2D eigenvalue weighted by Crippen LogP contribution is -2.47. The van der Waals surface area contributed by atoms with Crippen molar-refractivity contribution in [3.63, 3.8) is 0 Å². The number of carbonyl (C=O) groups is 2. The topological polar surface area (TPSA) is 73.8 Å². The Labute approximate surface area is 185 Å². The molecule has 6 nitrogen and oxygen atoms in total. The summed E-state index contributed by atoms with van der Waals surface area (Å²) in [6.45, 7) is 1.86. The van der Waals surface area contributed by atoms with Gasteiger partial charge in [0, 0.05) is 28.9 Å². The van der Waals surface area contributed by atoms with Gasteiger partial charge in [-0.1, -0.05) is 66.2 Å². The molecule has 0 saturated carbocycles. The number of likely N-dealkylation sites (N-methyl/N-ethyl adjacent to an activating group) is 1. The summed E-state index contributed by atoms with van der Waals surface area (Å²) in [7, 11) is 1.68. The van der Waals surface area contributed by atoms with E-state index in [1.165, 1.54) is 4.90 Å². The van der Waals surface area contributed by atoms with Gasteiger partial charge in [-0.25, -0.2) is 9.79 Å². The van der Waals surface area contributed by atoms with E-state index >= 15 is 0 Å². The molecule has 0 aliphatic carbocycles. The maximum atomic E-state index is 13.1. The number of nitrogens with zero attached hydrogens (tertiary/aromatic N) is 2. The molecular weight excluding hydrogens is 412 g/mol. The zero-order valence-electron chi connectivity index (χ0n) is 17.1. The normalized spacial score (nSPS) is 15.6. The van der Waals surface area contributed by atoms with Crippen molar-refractivity contribution in [1.29, 1.82) is 0 Å². The van der Waals surface area contributed by atoms with E-state index in [9.17, 15) is 9.59 Å². The van der Waals surface area contributed by atoms with Gasteiger partial charge >= 0.3 is 6.03 Å². The number of carbonyl (C=O) groups excluding carboxylic acids is 2. The summed E-state index contributed by atoms with van der Waals surface area (Å²) < 4.78 is 0. The molecule has 3 amide bonds. The summed E-state index contributed by atoms with van der Waals surface area (Å²) in [4.78, 5) is 32.1. The summed E-state index contributed by atoms with van der Waals surface area (Å²) >= 11 is 6.04. The predicted molar refractivity (Wildman–Crippen MR) is 124 cm³/mol. The van der Waals surface area contributed by atoms with E-state index in [1.807, 2.05) is 67.6 Å². The zero-order chi connectivity index (χ0) is 22.0. The van der Waals surface area contributed by atoms with Crippen molar-refractivity contribution in [1.82, 2.24) is 5.32 Å². The van der Waals surface area contributed by atoms with Crippen LogP contribution in [0.1, 0.15) is 16.7 Å². The molecule has 1 heterocycles. The first-order valence-corrected chi connectivity index (χ1v) is 10.2. The van der Waals surface area contributed by atoms with Crippen LogP contribution in [0.25, 0.3) is 0 Å². The van der Waals surface area contributed by atoms with E-state index in [4.69, 9.17) is 11.6 Å². The Balaban J connectivity index is 1.69. The summed E-state index contributed by atoms with van der Waals surface area (Å²) in [5.41, 5.74) is 4.46. The van der Waals surface area contributed by atoms with Gasteiger partial charge in [-0.2, -0.15) is 0 Å². The number of aliphatic imine (C=N–C) groups is 1. The van der Waals surface area contributed by atoms with Crippen LogP contribution in [0.5, 0.6) is 0 Å². The van der Waals surface area contributed by atoms with Crippen molar-refractivity contribution in [2.24, 2.45) is 4.99 Å². The van der Waals surface area contributed by atoms with Crippen LogP contribution in [0, 0.1) is 6.92 Å². The minimum Gasteiger partial charge on any atom is -0.311 e. The van der Waals surface area contributed by atoms with Crippen molar-refractivity contribution < 1.29 is 9.59 Å². The quantitative estimate of drug-likeness (QED) is 0.634. The van der Waals surface area contributed by atoms with Crippen molar-refractivity contribution in [2.75, 3.05) is 17.3 Å². The van der Waals surface area contributed by atoms with Crippen LogP contribution < -0.4 is 15.5 Å². The second kappa shape index (κ2) is 8.62. The van der Waals surface area contributed by atoms with Gasteiger partial charge < -0.3 is 15.5 Å². The number of aryl methyl sites for hydroxylation is 1. The third-order valence-corrected chi connectivity index (χ3v) is 5.34. The summed E-state index contributed by atoms with van der Waals surface area (Å²) in [5.74, 6) is -0.337. The molecule has 0 saturated heterocycles. The van der Waals surface area contributed by atoms with Gasteiger partial charge in [0.15, 0.2) is 0 Å². The van der Waals surface area contributed by atoms with Gasteiger partial charge in [0.05, 0.1) is 11.4 Å². The first-order valence-electron chi connectivity index (χ1n) is 9.78. The van der Waals surface area contributed by atoms with Gasteiger partial charge in [0.1, 0.15) is 0 Å². The standard InChI is InChI=1S/C24H21ClN4O2/c1-15-12-13-17(25)14-19(15)26-24(31)28-22-23(30)29(2)20-11-7-6-10-18(20)21(27-22)16-8-4-3-5-9-16/h3-14,22H,1-2H3,(H2,26,28,31)/t22-/m1/s1. The number of hydrogen-bond acceptors (Lipinski definition) is 3. The van der Waals surface area contributed by atoms with Crippen LogP contribution in [-0.2, 0) is 4.79 Å². The van der Waals surface area contributed by atoms with Gasteiger partial charge in [0.25, 0.3) is 5.91 Å². The Morgan fingerprint density at radius 2 is 1.74 bits per heavy atom. The second-order valence-electron chi connectivity index (χ2n) is 7.22. The fourth-order valence-electron chi connectivity index (χ4n) is 3.45. The van der Waals surface area contributed by atoms with Crippen LogP contribution in [0.3, 0.4) is 0 Å². The van der Waals surface area contributed by atoms with Crippen LogP contribution in [-0.4, -0.2) is 30.9 Å². The Bertz CT molecular complexity index is 1180. The van der Waals surface area contributed by atoms with Crippen LogP contribution in [0.4, 0.5) is 16.2 Å². The first kappa shape index (κ1) is 20.6. The molecule has 7 heteroatoms. The molecule has 3 aromatic rings. The summed E-state index contributed by atoms with van der Waals surface area (Å²) in [5, 5.41) is 5.96. The largest absolute Gasteiger partial charge is 0.321 e. The second-order valence-corrected chi connectivity index (χ2v) is 7.65. The molecule has 0 radical (unpaired) electrons. The van der Waals surface area contributed by atoms with Gasteiger partial charge in [0.2, 0.25) is 6.17 Å². The van der Waals surface area contributed by atoms with Gasteiger partial charge in [-0.05, 0) is 30.7 Å². The number of halogens is 1. The minimum absolute atomic E-state index is 0.337. The third-order valence-electron chi connectivity index (χ3n) is 5.11. The zero-order valence-corrected chi connectivity index (χ0v) is 17.9. The fourth-order valence-corrected chi connectivity index (χ4v) is 3.63. The monoisotopic (exact) mass is 432 g/mol. The summed E-state index contributed by atoms with van der Waals surface area (Å²) in [6.07, 6.45) is -1.09. The highest BCUT2D eigenvalue weighted by Crippen LogP contribution is 2.27. The number of hydrogen-bond donors (Lipinski definition) is 2. The van der Waals surface area contributed by atoms with Crippen LogP contribution >= 0.6 is 11.6 Å².